The molecule has 206 valence electrons. The largest absolute Gasteiger partial charge is 0.478 e. The molecule has 5 rings (SSSR count). The first-order valence-electron chi connectivity index (χ1n) is 12.2. The summed E-state index contributed by atoms with van der Waals surface area (Å²) in [5.41, 5.74) is 3.20. The van der Waals surface area contributed by atoms with Gasteiger partial charge in [0.2, 0.25) is 0 Å². The molecule has 2 heterocycles. The van der Waals surface area contributed by atoms with Gasteiger partial charge in [-0.3, -0.25) is 9.98 Å². The van der Waals surface area contributed by atoms with Gasteiger partial charge in [0.25, 0.3) is 0 Å². The molecule has 4 amide bonds. The van der Waals surface area contributed by atoms with Gasteiger partial charge in [-0.2, -0.15) is 0 Å². The highest BCUT2D eigenvalue weighted by Crippen LogP contribution is 2.21. The standard InChI is InChI=1S/C27H26N8O4.ClH/c36-25(37)18-13-21(34-26(38)32-19-5-1-16(2-6-19)23-28-9-10-29-23)15-22(14-18)35-27(39)33-20-7-3-17(4-8-20)24-30-11-12-31-24;/h1-8,13-15H,9-12H2,(H,28,29)(H,30,31)(H,36,37)(H2,32,34,38)(H2,33,35,39);1H. The fourth-order valence-electron chi connectivity index (χ4n) is 4.09. The lowest BCUT2D eigenvalue weighted by Crippen LogP contribution is -2.22. The maximum Gasteiger partial charge on any atom is 0.335 e. The third-order valence-corrected chi connectivity index (χ3v) is 5.88. The monoisotopic (exact) mass is 562 g/mol. The van der Waals surface area contributed by atoms with Crippen molar-refractivity contribution in [1.82, 2.24) is 10.6 Å². The predicted molar refractivity (Wildman–Crippen MR) is 158 cm³/mol. The van der Waals surface area contributed by atoms with Crippen LogP contribution < -0.4 is 31.9 Å². The second kappa shape index (κ2) is 12.6. The van der Waals surface area contributed by atoms with Crippen molar-refractivity contribution < 1.29 is 19.5 Å². The minimum absolute atomic E-state index is 0. The first-order valence-corrected chi connectivity index (χ1v) is 12.2. The topological polar surface area (TPSA) is 168 Å². The van der Waals surface area contributed by atoms with Gasteiger partial charge >= 0.3 is 18.0 Å². The van der Waals surface area contributed by atoms with Gasteiger partial charge in [-0.05, 0) is 66.7 Å². The molecule has 3 aromatic carbocycles. The Morgan fingerprint density at radius 1 is 0.625 bits per heavy atom. The number of nitrogens with one attached hydrogen (secondary N) is 6. The highest BCUT2D eigenvalue weighted by molar-refractivity contribution is 6.05. The number of anilines is 4. The summed E-state index contributed by atoms with van der Waals surface area (Å²) >= 11 is 0. The van der Waals surface area contributed by atoms with E-state index < -0.39 is 18.0 Å². The van der Waals surface area contributed by atoms with Crippen molar-refractivity contribution in [3.63, 3.8) is 0 Å². The Hall–Kier alpha value is -5.10. The van der Waals surface area contributed by atoms with Crippen molar-refractivity contribution >= 4 is 64.9 Å². The number of rotatable bonds is 7. The molecule has 2 aliphatic rings. The normalized spacial score (nSPS) is 13.5. The number of hydrogen-bond acceptors (Lipinski definition) is 7. The highest BCUT2D eigenvalue weighted by Gasteiger charge is 2.13. The number of benzene rings is 3. The van der Waals surface area contributed by atoms with E-state index in [0.717, 1.165) is 49.0 Å². The van der Waals surface area contributed by atoms with Crippen LogP contribution in [0.3, 0.4) is 0 Å². The Morgan fingerprint density at radius 2 is 1.02 bits per heavy atom. The smallest absolute Gasteiger partial charge is 0.335 e. The van der Waals surface area contributed by atoms with Crippen LogP contribution in [0.25, 0.3) is 0 Å². The Balaban J connectivity index is 0.00000370. The minimum Gasteiger partial charge on any atom is -0.478 e. The molecular formula is C27H27ClN8O4. The van der Waals surface area contributed by atoms with Gasteiger partial charge in [-0.25, -0.2) is 14.4 Å². The summed E-state index contributed by atoms with van der Waals surface area (Å²) in [4.78, 5) is 45.5. The van der Waals surface area contributed by atoms with Crippen LogP contribution in [0.4, 0.5) is 32.3 Å². The summed E-state index contributed by atoms with van der Waals surface area (Å²) in [6, 6.07) is 17.3. The van der Waals surface area contributed by atoms with Crippen LogP contribution in [0.15, 0.2) is 76.7 Å². The average Bonchev–Trinajstić information content (AvgIpc) is 3.64. The number of carbonyl (C=O) groups is 3. The number of halogens is 1. The van der Waals surface area contributed by atoms with E-state index in [0.29, 0.717) is 11.4 Å². The molecule has 40 heavy (non-hydrogen) atoms. The zero-order valence-electron chi connectivity index (χ0n) is 21.2. The first kappa shape index (κ1) is 27.9. The van der Waals surface area contributed by atoms with Gasteiger partial charge in [0, 0.05) is 47.0 Å². The molecule has 0 saturated carbocycles. The number of hydrogen-bond donors (Lipinski definition) is 7. The fraction of sp³-hybridized carbons (Fsp3) is 0.148. The summed E-state index contributed by atoms with van der Waals surface area (Å²) in [6.07, 6.45) is 0. The third-order valence-electron chi connectivity index (χ3n) is 5.88. The molecule has 0 unspecified atom stereocenters. The van der Waals surface area contributed by atoms with Crippen LogP contribution in [-0.2, 0) is 0 Å². The number of amides is 4. The van der Waals surface area contributed by atoms with E-state index in [2.05, 4.69) is 41.9 Å². The van der Waals surface area contributed by atoms with Gasteiger partial charge in [-0.15, -0.1) is 12.4 Å². The van der Waals surface area contributed by atoms with Gasteiger partial charge in [0.05, 0.1) is 18.7 Å². The molecule has 0 spiro atoms. The molecular weight excluding hydrogens is 536 g/mol. The number of nitrogens with zero attached hydrogens (tertiary/aromatic N) is 2. The van der Waals surface area contributed by atoms with Gasteiger partial charge in [0.15, 0.2) is 0 Å². The SMILES string of the molecule is Cl.O=C(Nc1ccc(C2=NCCN2)cc1)Nc1cc(NC(=O)Nc2ccc(C3=NCCN3)cc2)cc(C(=O)O)c1. The summed E-state index contributed by atoms with van der Waals surface area (Å²) in [5.74, 6) is 0.420. The molecule has 0 fully saturated rings. The van der Waals surface area contributed by atoms with Gasteiger partial charge in [0.1, 0.15) is 11.7 Å². The molecule has 0 aliphatic carbocycles. The first-order chi connectivity index (χ1) is 18.9. The van der Waals surface area contributed by atoms with Crippen molar-refractivity contribution in [3.8, 4) is 0 Å². The number of amidine groups is 2. The average molecular weight is 563 g/mol. The molecule has 0 bridgehead atoms. The van der Waals surface area contributed by atoms with E-state index in [-0.39, 0.29) is 29.3 Å². The van der Waals surface area contributed by atoms with Crippen molar-refractivity contribution in [2.24, 2.45) is 9.98 Å². The number of carbonyl (C=O) groups excluding carboxylic acids is 2. The third kappa shape index (κ3) is 7.05. The number of aromatic carboxylic acids is 1. The zero-order valence-corrected chi connectivity index (χ0v) is 22.0. The second-order valence-electron chi connectivity index (χ2n) is 8.73. The molecule has 7 N–H and O–H groups in total. The van der Waals surface area contributed by atoms with Crippen LogP contribution in [-0.4, -0.2) is 61.0 Å². The number of carboxylic acids is 1. The molecule has 3 aromatic rings. The van der Waals surface area contributed by atoms with Crippen LogP contribution >= 0.6 is 12.4 Å². The Labute approximate surface area is 235 Å². The van der Waals surface area contributed by atoms with Gasteiger partial charge < -0.3 is 37.0 Å². The van der Waals surface area contributed by atoms with Crippen LogP contribution in [0.2, 0.25) is 0 Å². The van der Waals surface area contributed by atoms with E-state index in [1.807, 2.05) is 24.3 Å². The Kier molecular flexibility index (Phi) is 8.82. The second-order valence-corrected chi connectivity index (χ2v) is 8.73. The molecule has 13 heteroatoms. The number of aliphatic imine (C=N–C) groups is 2. The summed E-state index contributed by atoms with van der Waals surface area (Å²) in [5, 5.41) is 26.5. The maximum absolute atomic E-state index is 12.6. The molecule has 0 atom stereocenters. The van der Waals surface area contributed by atoms with E-state index in [1.165, 1.54) is 18.2 Å². The van der Waals surface area contributed by atoms with E-state index in [4.69, 9.17) is 0 Å². The lowest BCUT2D eigenvalue weighted by atomic mass is 10.1. The lowest BCUT2D eigenvalue weighted by molar-refractivity contribution is 0.0697. The molecule has 0 saturated heterocycles. The van der Waals surface area contributed by atoms with Crippen LogP contribution in [0.1, 0.15) is 21.5 Å². The molecule has 2 aliphatic heterocycles. The summed E-state index contributed by atoms with van der Waals surface area (Å²) in [6.45, 7) is 3.06. The number of carboxylic acid groups (broad SMARTS) is 1. The van der Waals surface area contributed by atoms with E-state index in [9.17, 15) is 19.5 Å². The predicted octanol–water partition coefficient (Wildman–Crippen LogP) is 3.79. The maximum atomic E-state index is 12.6. The fourth-order valence-corrected chi connectivity index (χ4v) is 4.09. The van der Waals surface area contributed by atoms with Crippen molar-refractivity contribution in [1.29, 1.82) is 0 Å². The number of urea groups is 2. The Bertz CT molecular complexity index is 1370. The lowest BCUT2D eigenvalue weighted by Gasteiger charge is -2.13. The van der Waals surface area contributed by atoms with Crippen molar-refractivity contribution in [3.05, 3.63) is 83.4 Å². The Morgan fingerprint density at radius 3 is 1.38 bits per heavy atom. The van der Waals surface area contributed by atoms with Crippen LogP contribution in [0.5, 0.6) is 0 Å². The minimum atomic E-state index is -1.21. The van der Waals surface area contributed by atoms with Crippen molar-refractivity contribution in [2.75, 3.05) is 47.4 Å². The quantitative estimate of drug-likeness (QED) is 0.231. The van der Waals surface area contributed by atoms with E-state index >= 15 is 0 Å². The van der Waals surface area contributed by atoms with Crippen molar-refractivity contribution in [2.45, 2.75) is 0 Å². The molecule has 0 radical (unpaired) electrons. The van der Waals surface area contributed by atoms with Gasteiger partial charge in [-0.1, -0.05) is 0 Å². The van der Waals surface area contributed by atoms with E-state index in [1.54, 1.807) is 24.3 Å². The molecule has 0 aromatic heterocycles. The zero-order chi connectivity index (χ0) is 27.2. The molecule has 12 nitrogen and oxygen atoms in total. The summed E-state index contributed by atoms with van der Waals surface area (Å²) in [7, 11) is 0. The highest BCUT2D eigenvalue weighted by atomic mass is 35.5. The summed E-state index contributed by atoms with van der Waals surface area (Å²) < 4.78 is 0. The van der Waals surface area contributed by atoms with Crippen LogP contribution in [0, 0.1) is 0 Å².